The number of esters is 2. The van der Waals surface area contributed by atoms with E-state index < -0.39 is 11.9 Å². The van der Waals surface area contributed by atoms with E-state index in [0.717, 1.165) is 38.5 Å². The molecule has 0 aliphatic carbocycles. The molecule has 39 heavy (non-hydrogen) atoms. The fourth-order valence-electron chi connectivity index (χ4n) is 3.66. The summed E-state index contributed by atoms with van der Waals surface area (Å²) < 4.78 is 22.5. The third-order valence-electron chi connectivity index (χ3n) is 5.88. The molecule has 0 aliphatic heterocycles. The smallest absolute Gasteiger partial charge is 0.343 e. The number of allylic oxidation sites excluding steroid dienone is 2. The zero-order chi connectivity index (χ0) is 27.9. The lowest BCUT2D eigenvalue weighted by Crippen LogP contribution is -2.10. The van der Waals surface area contributed by atoms with Crippen molar-refractivity contribution in [1.82, 2.24) is 0 Å². The Labute approximate surface area is 230 Å². The van der Waals surface area contributed by atoms with Crippen LogP contribution >= 0.6 is 0 Å². The van der Waals surface area contributed by atoms with E-state index in [1.807, 2.05) is 12.2 Å². The number of rotatable bonds is 16. The molecular formula is C33H36O6. The summed E-state index contributed by atoms with van der Waals surface area (Å²) in [5.74, 6) is 1.18. The highest BCUT2D eigenvalue weighted by molar-refractivity contribution is 5.92. The molecule has 204 valence electrons. The summed E-state index contributed by atoms with van der Waals surface area (Å²) in [6.07, 6.45) is 9.68. The van der Waals surface area contributed by atoms with Crippen LogP contribution in [0.15, 0.2) is 92.0 Å². The highest BCUT2D eigenvalue weighted by Gasteiger charge is 2.14. The molecule has 0 radical (unpaired) electrons. The van der Waals surface area contributed by atoms with E-state index in [2.05, 4.69) is 13.2 Å². The van der Waals surface area contributed by atoms with Crippen molar-refractivity contribution in [3.8, 4) is 23.0 Å². The van der Waals surface area contributed by atoms with E-state index in [1.54, 1.807) is 73.7 Å². The van der Waals surface area contributed by atoms with Crippen LogP contribution in [0.25, 0.3) is 0 Å². The van der Waals surface area contributed by atoms with Crippen molar-refractivity contribution < 1.29 is 28.5 Å². The van der Waals surface area contributed by atoms with Crippen LogP contribution in [0.3, 0.4) is 0 Å². The predicted molar refractivity (Wildman–Crippen MR) is 153 cm³/mol. The van der Waals surface area contributed by atoms with Crippen LogP contribution in [0.2, 0.25) is 0 Å². The maximum atomic E-state index is 12.6. The van der Waals surface area contributed by atoms with Crippen LogP contribution in [0.5, 0.6) is 23.0 Å². The minimum Gasteiger partial charge on any atom is -0.494 e. The molecule has 0 aromatic heterocycles. The van der Waals surface area contributed by atoms with Crippen LogP contribution in [0, 0.1) is 6.92 Å². The molecule has 0 heterocycles. The molecule has 0 aliphatic rings. The number of carbonyl (C=O) groups excluding carboxylic acids is 2. The Hall–Kier alpha value is -4.32. The minimum atomic E-state index is -0.486. The normalized spacial score (nSPS) is 10.4. The number of unbranched alkanes of at least 4 members (excludes halogenated alkanes) is 4. The quantitative estimate of drug-likeness (QED) is 0.0814. The molecule has 6 nitrogen and oxygen atoms in total. The third-order valence-corrected chi connectivity index (χ3v) is 5.88. The molecule has 0 unspecified atom stereocenters. The van der Waals surface area contributed by atoms with E-state index in [1.165, 1.54) is 0 Å². The molecule has 6 heteroatoms. The second-order valence-electron chi connectivity index (χ2n) is 9.02. The Morgan fingerprint density at radius 2 is 1.10 bits per heavy atom. The second-order valence-corrected chi connectivity index (χ2v) is 9.02. The maximum absolute atomic E-state index is 12.6. The van der Waals surface area contributed by atoms with Gasteiger partial charge in [-0.15, -0.1) is 13.2 Å². The van der Waals surface area contributed by atoms with Gasteiger partial charge in [0.25, 0.3) is 0 Å². The van der Waals surface area contributed by atoms with Crippen molar-refractivity contribution in [2.24, 2.45) is 0 Å². The summed E-state index contributed by atoms with van der Waals surface area (Å²) in [5.41, 5.74) is 1.48. The summed E-state index contributed by atoms with van der Waals surface area (Å²) in [6, 6.07) is 18.6. The fourth-order valence-corrected chi connectivity index (χ4v) is 3.66. The Morgan fingerprint density at radius 3 is 1.56 bits per heavy atom. The van der Waals surface area contributed by atoms with E-state index >= 15 is 0 Å². The average Bonchev–Trinajstić information content (AvgIpc) is 2.95. The summed E-state index contributed by atoms with van der Waals surface area (Å²) in [6.45, 7) is 10.4. The first kappa shape index (κ1) is 29.2. The number of hydrogen-bond acceptors (Lipinski definition) is 6. The summed E-state index contributed by atoms with van der Waals surface area (Å²) in [5, 5.41) is 0. The van der Waals surface area contributed by atoms with Gasteiger partial charge < -0.3 is 18.9 Å². The Bertz CT molecular complexity index is 1230. The summed E-state index contributed by atoms with van der Waals surface area (Å²) in [7, 11) is 0. The molecule has 3 aromatic carbocycles. The van der Waals surface area contributed by atoms with E-state index in [0.29, 0.717) is 52.9 Å². The molecule has 0 saturated carbocycles. The number of aryl methyl sites for hydroxylation is 1. The van der Waals surface area contributed by atoms with Gasteiger partial charge in [-0.1, -0.05) is 12.2 Å². The number of ether oxygens (including phenoxy) is 4. The first-order valence-electron chi connectivity index (χ1n) is 13.2. The molecule has 0 N–H and O–H groups in total. The monoisotopic (exact) mass is 528 g/mol. The van der Waals surface area contributed by atoms with Gasteiger partial charge in [-0.3, -0.25) is 0 Å². The highest BCUT2D eigenvalue weighted by Crippen LogP contribution is 2.26. The standard InChI is InChI=1S/C33H36O6/c1-4-6-8-10-22-36-28-16-12-26(13-17-28)32(34)38-30-20-21-31(25(3)24-30)39-33(35)27-14-18-29(19-15-27)37-23-11-9-7-5-2/h4-5,12-21,24H,1-2,6-11,22-23H2,3H3. The van der Waals surface area contributed by atoms with Crippen molar-refractivity contribution in [2.75, 3.05) is 13.2 Å². The Morgan fingerprint density at radius 1 is 0.641 bits per heavy atom. The molecule has 0 amide bonds. The first-order chi connectivity index (χ1) is 19.0. The zero-order valence-electron chi connectivity index (χ0n) is 22.5. The van der Waals surface area contributed by atoms with E-state index in [4.69, 9.17) is 18.9 Å². The Balaban J connectivity index is 1.49. The van der Waals surface area contributed by atoms with Gasteiger partial charge in [-0.2, -0.15) is 0 Å². The van der Waals surface area contributed by atoms with Crippen molar-refractivity contribution in [3.63, 3.8) is 0 Å². The van der Waals surface area contributed by atoms with Gasteiger partial charge in [-0.05, 0) is 118 Å². The fraction of sp³-hybridized carbons (Fsp3) is 0.273. The molecule has 3 aromatic rings. The molecule has 0 atom stereocenters. The van der Waals surface area contributed by atoms with Crippen molar-refractivity contribution in [3.05, 3.63) is 109 Å². The zero-order valence-corrected chi connectivity index (χ0v) is 22.5. The van der Waals surface area contributed by atoms with Crippen molar-refractivity contribution >= 4 is 11.9 Å². The van der Waals surface area contributed by atoms with Crippen LogP contribution in [-0.2, 0) is 0 Å². The van der Waals surface area contributed by atoms with E-state index in [-0.39, 0.29) is 0 Å². The first-order valence-corrected chi connectivity index (χ1v) is 13.2. The van der Waals surface area contributed by atoms with Gasteiger partial charge in [0.1, 0.15) is 23.0 Å². The van der Waals surface area contributed by atoms with Gasteiger partial charge in [0.05, 0.1) is 24.3 Å². The summed E-state index contributed by atoms with van der Waals surface area (Å²) in [4.78, 5) is 25.2. The van der Waals surface area contributed by atoms with Gasteiger partial charge in [0.2, 0.25) is 0 Å². The van der Waals surface area contributed by atoms with E-state index in [9.17, 15) is 9.59 Å². The van der Waals surface area contributed by atoms with Gasteiger partial charge in [0.15, 0.2) is 0 Å². The van der Waals surface area contributed by atoms with Gasteiger partial charge in [0, 0.05) is 0 Å². The van der Waals surface area contributed by atoms with Gasteiger partial charge >= 0.3 is 11.9 Å². The summed E-state index contributed by atoms with van der Waals surface area (Å²) >= 11 is 0. The highest BCUT2D eigenvalue weighted by atomic mass is 16.5. The predicted octanol–water partition coefficient (Wildman–Crippen LogP) is 7.90. The molecule has 3 rings (SSSR count). The topological polar surface area (TPSA) is 71.1 Å². The van der Waals surface area contributed by atoms with Crippen molar-refractivity contribution in [1.29, 1.82) is 0 Å². The lowest BCUT2D eigenvalue weighted by molar-refractivity contribution is 0.0718. The maximum Gasteiger partial charge on any atom is 0.343 e. The molecule has 0 fully saturated rings. The number of benzene rings is 3. The van der Waals surface area contributed by atoms with Gasteiger partial charge in [-0.25, -0.2) is 9.59 Å². The Kier molecular flexibility index (Phi) is 11.9. The lowest BCUT2D eigenvalue weighted by atomic mass is 10.2. The molecule has 0 spiro atoms. The van der Waals surface area contributed by atoms with Crippen LogP contribution < -0.4 is 18.9 Å². The largest absolute Gasteiger partial charge is 0.494 e. The minimum absolute atomic E-state index is 0.356. The van der Waals surface area contributed by atoms with Crippen LogP contribution in [0.1, 0.15) is 64.8 Å². The lowest BCUT2D eigenvalue weighted by Gasteiger charge is -2.11. The van der Waals surface area contributed by atoms with Crippen LogP contribution in [0.4, 0.5) is 0 Å². The van der Waals surface area contributed by atoms with Crippen molar-refractivity contribution in [2.45, 2.75) is 45.4 Å². The number of carbonyl (C=O) groups is 2. The molecule has 0 bridgehead atoms. The van der Waals surface area contributed by atoms with Crippen LogP contribution in [-0.4, -0.2) is 25.2 Å². The number of hydrogen-bond donors (Lipinski definition) is 0. The molecule has 0 saturated heterocycles. The third kappa shape index (κ3) is 9.82. The average molecular weight is 529 g/mol. The second kappa shape index (κ2) is 15.8. The molecular weight excluding hydrogens is 492 g/mol. The SMILES string of the molecule is C=CCCCCOc1ccc(C(=O)Oc2ccc(OC(=O)c3ccc(OCCCCC=C)cc3)c(C)c2)cc1.